The third kappa shape index (κ3) is 2.40. The second-order valence-electron chi connectivity index (χ2n) is 4.68. The molecule has 4 heteroatoms. The highest BCUT2D eigenvalue weighted by atomic mass is 35.5. The lowest BCUT2D eigenvalue weighted by Gasteiger charge is -2.34. The number of nitrogens with two attached hydrogens (primary N) is 1. The quantitative estimate of drug-likeness (QED) is 0.879. The van der Waals surface area contributed by atoms with E-state index in [0.29, 0.717) is 16.3 Å². The van der Waals surface area contributed by atoms with Crippen molar-refractivity contribution < 1.29 is 9.13 Å². The molecule has 0 unspecified atom stereocenters. The summed E-state index contributed by atoms with van der Waals surface area (Å²) in [5.74, 6) is 0.0305. The van der Waals surface area contributed by atoms with E-state index >= 15 is 0 Å². The van der Waals surface area contributed by atoms with Gasteiger partial charge in [0, 0.05) is 17.2 Å². The Morgan fingerprint density at radius 2 is 1.94 bits per heavy atom. The van der Waals surface area contributed by atoms with Crippen LogP contribution in [0, 0.1) is 5.82 Å². The molecule has 1 aromatic rings. The van der Waals surface area contributed by atoms with Gasteiger partial charge in [-0.05, 0) is 18.9 Å². The maximum atomic E-state index is 14.0. The van der Waals surface area contributed by atoms with Crippen molar-refractivity contribution in [1.82, 2.24) is 0 Å². The normalized spacial score (nSPS) is 19.1. The highest BCUT2D eigenvalue weighted by Gasteiger charge is 2.32. The zero-order valence-electron chi connectivity index (χ0n) is 9.93. The predicted octanol–water partition coefficient (Wildman–Crippen LogP) is 3.61. The molecule has 1 fully saturated rings. The number of ether oxygens (including phenoxy) is 1. The van der Waals surface area contributed by atoms with Crippen LogP contribution >= 0.6 is 11.6 Å². The topological polar surface area (TPSA) is 35.2 Å². The molecule has 0 bridgehead atoms. The van der Waals surface area contributed by atoms with Gasteiger partial charge in [-0.1, -0.05) is 30.9 Å². The molecule has 0 heterocycles. The SMILES string of the molecule is COc1cc(F)c(C2(N)CCCCC2)cc1Cl. The Kier molecular flexibility index (Phi) is 3.59. The first-order chi connectivity index (χ1) is 8.07. The average molecular weight is 258 g/mol. The monoisotopic (exact) mass is 257 g/mol. The predicted molar refractivity (Wildman–Crippen MR) is 66.9 cm³/mol. The standard InChI is InChI=1S/C13H17ClFNO/c1-17-12-8-11(15)9(7-10(12)14)13(16)5-3-2-4-6-13/h7-8H,2-6,16H2,1H3. The van der Waals surface area contributed by atoms with Crippen molar-refractivity contribution in [1.29, 1.82) is 0 Å². The number of halogens is 2. The van der Waals surface area contributed by atoms with Crippen LogP contribution in [0.2, 0.25) is 5.02 Å². The van der Waals surface area contributed by atoms with Gasteiger partial charge in [0.2, 0.25) is 0 Å². The number of hydrogen-bond donors (Lipinski definition) is 1. The third-order valence-electron chi connectivity index (χ3n) is 3.52. The van der Waals surface area contributed by atoms with E-state index in [2.05, 4.69) is 0 Å². The summed E-state index contributed by atoms with van der Waals surface area (Å²) in [5, 5.41) is 0.416. The third-order valence-corrected chi connectivity index (χ3v) is 3.82. The van der Waals surface area contributed by atoms with E-state index < -0.39 is 5.54 Å². The van der Waals surface area contributed by atoms with Crippen LogP contribution < -0.4 is 10.5 Å². The molecular formula is C13H17ClFNO. The van der Waals surface area contributed by atoms with Crippen LogP contribution in [0.4, 0.5) is 4.39 Å². The van der Waals surface area contributed by atoms with Gasteiger partial charge in [-0.2, -0.15) is 0 Å². The summed E-state index contributed by atoms with van der Waals surface area (Å²) in [7, 11) is 1.47. The van der Waals surface area contributed by atoms with E-state index in [0.717, 1.165) is 25.7 Å². The first kappa shape index (κ1) is 12.7. The number of methoxy groups -OCH3 is 1. The summed E-state index contributed by atoms with van der Waals surface area (Å²) in [6, 6.07) is 2.93. The lowest BCUT2D eigenvalue weighted by Crippen LogP contribution is -2.39. The van der Waals surface area contributed by atoms with Gasteiger partial charge in [0.05, 0.1) is 12.1 Å². The molecule has 1 saturated carbocycles. The highest BCUT2D eigenvalue weighted by molar-refractivity contribution is 6.32. The number of rotatable bonds is 2. The smallest absolute Gasteiger partial charge is 0.140 e. The first-order valence-corrected chi connectivity index (χ1v) is 6.27. The van der Waals surface area contributed by atoms with Crippen molar-refractivity contribution >= 4 is 11.6 Å². The molecule has 2 rings (SSSR count). The van der Waals surface area contributed by atoms with Gasteiger partial charge < -0.3 is 10.5 Å². The summed E-state index contributed by atoms with van der Waals surface area (Å²) >= 11 is 6.04. The number of benzene rings is 1. The van der Waals surface area contributed by atoms with Crippen molar-refractivity contribution in [2.75, 3.05) is 7.11 Å². The second-order valence-corrected chi connectivity index (χ2v) is 5.09. The lowest BCUT2D eigenvalue weighted by atomic mass is 9.77. The van der Waals surface area contributed by atoms with Crippen LogP contribution in [0.15, 0.2) is 12.1 Å². The molecule has 2 nitrogen and oxygen atoms in total. The Morgan fingerprint density at radius 3 is 2.53 bits per heavy atom. The zero-order chi connectivity index (χ0) is 12.5. The summed E-state index contributed by atoms with van der Waals surface area (Å²) in [4.78, 5) is 0. The minimum absolute atomic E-state index is 0.323. The molecule has 0 saturated heterocycles. The molecule has 2 N–H and O–H groups in total. The van der Waals surface area contributed by atoms with Crippen LogP contribution in [0.5, 0.6) is 5.75 Å². The van der Waals surface area contributed by atoms with Crippen LogP contribution in [0.1, 0.15) is 37.7 Å². The highest BCUT2D eigenvalue weighted by Crippen LogP contribution is 2.39. The van der Waals surface area contributed by atoms with Crippen molar-refractivity contribution in [3.05, 3.63) is 28.5 Å². The minimum Gasteiger partial charge on any atom is -0.495 e. The van der Waals surface area contributed by atoms with Crippen LogP contribution in [-0.4, -0.2) is 7.11 Å². The summed E-state index contributed by atoms with van der Waals surface area (Å²) in [6.07, 6.45) is 4.88. The van der Waals surface area contributed by atoms with E-state index in [9.17, 15) is 4.39 Å². The maximum absolute atomic E-state index is 14.0. The molecule has 0 spiro atoms. The first-order valence-electron chi connectivity index (χ1n) is 5.89. The van der Waals surface area contributed by atoms with E-state index in [-0.39, 0.29) is 5.82 Å². The molecule has 1 aliphatic carbocycles. The fourth-order valence-electron chi connectivity index (χ4n) is 2.52. The molecule has 94 valence electrons. The van der Waals surface area contributed by atoms with Gasteiger partial charge in [0.1, 0.15) is 11.6 Å². The Bertz CT molecular complexity index is 416. The molecule has 0 aliphatic heterocycles. The van der Waals surface area contributed by atoms with Gasteiger partial charge in [-0.25, -0.2) is 4.39 Å². The van der Waals surface area contributed by atoms with Gasteiger partial charge in [0.15, 0.2) is 0 Å². The van der Waals surface area contributed by atoms with Gasteiger partial charge >= 0.3 is 0 Å². The van der Waals surface area contributed by atoms with E-state index in [1.54, 1.807) is 6.07 Å². The Hall–Kier alpha value is -0.800. The molecule has 0 radical (unpaired) electrons. The molecule has 1 aromatic carbocycles. The maximum Gasteiger partial charge on any atom is 0.140 e. The average Bonchev–Trinajstić information content (AvgIpc) is 2.32. The fraction of sp³-hybridized carbons (Fsp3) is 0.538. The van der Waals surface area contributed by atoms with Gasteiger partial charge in [0.25, 0.3) is 0 Å². The largest absolute Gasteiger partial charge is 0.495 e. The Balaban J connectivity index is 2.41. The van der Waals surface area contributed by atoms with Crippen LogP contribution in [0.3, 0.4) is 0 Å². The number of hydrogen-bond acceptors (Lipinski definition) is 2. The molecule has 17 heavy (non-hydrogen) atoms. The van der Waals surface area contributed by atoms with Crippen LogP contribution in [0.25, 0.3) is 0 Å². The van der Waals surface area contributed by atoms with Crippen molar-refractivity contribution in [2.45, 2.75) is 37.6 Å². The summed E-state index contributed by atoms with van der Waals surface area (Å²) in [5.41, 5.74) is 6.25. The van der Waals surface area contributed by atoms with Gasteiger partial charge in [-0.3, -0.25) is 0 Å². The summed E-state index contributed by atoms with van der Waals surface area (Å²) in [6.45, 7) is 0. The molecular weight excluding hydrogens is 241 g/mol. The Morgan fingerprint density at radius 1 is 1.29 bits per heavy atom. The van der Waals surface area contributed by atoms with Gasteiger partial charge in [-0.15, -0.1) is 0 Å². The molecule has 0 amide bonds. The van der Waals surface area contributed by atoms with E-state index in [1.807, 2.05) is 0 Å². The molecule has 1 aliphatic rings. The minimum atomic E-state index is -0.571. The van der Waals surface area contributed by atoms with E-state index in [1.165, 1.54) is 19.6 Å². The second kappa shape index (κ2) is 4.83. The van der Waals surface area contributed by atoms with Crippen molar-refractivity contribution in [3.63, 3.8) is 0 Å². The zero-order valence-corrected chi connectivity index (χ0v) is 10.7. The lowest BCUT2D eigenvalue weighted by molar-refractivity contribution is 0.292. The molecule has 0 aromatic heterocycles. The van der Waals surface area contributed by atoms with Crippen molar-refractivity contribution in [3.8, 4) is 5.75 Å². The van der Waals surface area contributed by atoms with Crippen molar-refractivity contribution in [2.24, 2.45) is 5.73 Å². The van der Waals surface area contributed by atoms with Crippen LogP contribution in [-0.2, 0) is 5.54 Å². The summed E-state index contributed by atoms with van der Waals surface area (Å²) < 4.78 is 19.0. The van der Waals surface area contributed by atoms with E-state index in [4.69, 9.17) is 22.1 Å². The fourth-order valence-corrected chi connectivity index (χ4v) is 2.76. The molecule has 0 atom stereocenters. The Labute approximate surface area is 106 Å².